The average molecular weight is 448 g/mol. The maximum atomic E-state index is 4.89. The third-order valence-electron chi connectivity index (χ3n) is 6.67. The zero-order valence-corrected chi connectivity index (χ0v) is 19.2. The molecule has 1 aromatic heterocycles. The van der Waals surface area contributed by atoms with E-state index >= 15 is 0 Å². The van der Waals surface area contributed by atoms with Gasteiger partial charge in [-0.2, -0.15) is 0 Å². The maximum absolute atomic E-state index is 4.89. The van der Waals surface area contributed by atoms with E-state index < -0.39 is 0 Å². The van der Waals surface area contributed by atoms with Gasteiger partial charge in [0, 0.05) is 11.1 Å². The van der Waals surface area contributed by atoms with Gasteiger partial charge in [0.1, 0.15) is 5.82 Å². The Morgan fingerprint density at radius 2 is 0.743 bits per heavy atom. The number of fused-ring (bicyclic) bond motifs is 4. The monoisotopic (exact) mass is 447 g/mol. The molecule has 0 fully saturated rings. The van der Waals surface area contributed by atoms with Crippen LogP contribution in [0.15, 0.2) is 109 Å². The van der Waals surface area contributed by atoms with Gasteiger partial charge in [-0.1, -0.05) is 72.8 Å². The minimum atomic E-state index is 0.696. The smallest absolute Gasteiger partial charge is 0.163 e. The molecule has 6 aromatic carbocycles. The topological polar surface area (TPSA) is 38.7 Å². The Hall–Kier alpha value is -4.63. The van der Waals surface area contributed by atoms with Gasteiger partial charge in [-0.15, -0.1) is 0 Å². The molecule has 0 spiro atoms. The van der Waals surface area contributed by atoms with Gasteiger partial charge in [-0.05, 0) is 86.4 Å². The SMILES string of the molecule is Cc1nc(-c2ccc3cc4ccccc4cc3c2)nc(-c2ccc3cc4ccccc4cc3c2)n1. The summed E-state index contributed by atoms with van der Waals surface area (Å²) in [4.78, 5) is 14.2. The predicted molar refractivity (Wildman–Crippen MR) is 145 cm³/mol. The summed E-state index contributed by atoms with van der Waals surface area (Å²) in [6, 6.07) is 38.7. The van der Waals surface area contributed by atoms with Crippen LogP contribution in [0.5, 0.6) is 0 Å². The summed E-state index contributed by atoms with van der Waals surface area (Å²) in [7, 11) is 0. The summed E-state index contributed by atoms with van der Waals surface area (Å²) in [5, 5.41) is 9.73. The standard InChI is InChI=1S/C32H21N3/c1-20-33-31(27-12-10-25-14-21-6-2-4-8-23(21)16-29(25)18-27)35-32(34-20)28-13-11-26-15-22-7-3-5-9-24(22)17-30(26)19-28/h2-19H,1H3. The highest BCUT2D eigenvalue weighted by atomic mass is 15.0. The van der Waals surface area contributed by atoms with Crippen LogP contribution in [-0.4, -0.2) is 15.0 Å². The third-order valence-corrected chi connectivity index (χ3v) is 6.67. The molecule has 0 aliphatic rings. The molecule has 0 radical (unpaired) electrons. The second-order valence-electron chi connectivity index (χ2n) is 9.05. The van der Waals surface area contributed by atoms with Gasteiger partial charge >= 0.3 is 0 Å². The lowest BCUT2D eigenvalue weighted by Crippen LogP contribution is -1.99. The molecule has 0 amide bonds. The van der Waals surface area contributed by atoms with E-state index in [1.54, 1.807) is 0 Å². The molecule has 0 aliphatic carbocycles. The van der Waals surface area contributed by atoms with Crippen LogP contribution in [0, 0.1) is 6.92 Å². The van der Waals surface area contributed by atoms with Gasteiger partial charge in [-0.3, -0.25) is 0 Å². The highest BCUT2D eigenvalue weighted by Gasteiger charge is 2.11. The molecule has 35 heavy (non-hydrogen) atoms. The summed E-state index contributed by atoms with van der Waals surface area (Å²) in [5.74, 6) is 2.10. The first-order valence-corrected chi connectivity index (χ1v) is 11.8. The van der Waals surface area contributed by atoms with Crippen LogP contribution in [0.2, 0.25) is 0 Å². The van der Waals surface area contributed by atoms with Crippen molar-refractivity contribution in [2.24, 2.45) is 0 Å². The van der Waals surface area contributed by atoms with Crippen LogP contribution < -0.4 is 0 Å². The van der Waals surface area contributed by atoms with Gasteiger partial charge in [-0.25, -0.2) is 15.0 Å². The number of benzene rings is 6. The van der Waals surface area contributed by atoms with E-state index in [2.05, 4.69) is 119 Å². The van der Waals surface area contributed by atoms with Crippen LogP contribution in [0.1, 0.15) is 5.82 Å². The Balaban J connectivity index is 1.35. The van der Waals surface area contributed by atoms with Crippen LogP contribution >= 0.6 is 0 Å². The second kappa shape index (κ2) is 7.71. The molecular weight excluding hydrogens is 426 g/mol. The number of nitrogens with zero attached hydrogens (tertiary/aromatic N) is 3. The summed E-state index contributed by atoms with van der Waals surface area (Å²) in [6.45, 7) is 1.93. The van der Waals surface area contributed by atoms with Crippen LogP contribution in [0.25, 0.3) is 65.9 Å². The van der Waals surface area contributed by atoms with Gasteiger partial charge in [0.05, 0.1) is 0 Å². The minimum Gasteiger partial charge on any atom is -0.213 e. The molecule has 3 heteroatoms. The number of aryl methyl sites for hydroxylation is 1. The van der Waals surface area contributed by atoms with Crippen molar-refractivity contribution in [3.63, 3.8) is 0 Å². The zero-order chi connectivity index (χ0) is 23.4. The molecule has 3 nitrogen and oxygen atoms in total. The van der Waals surface area contributed by atoms with Gasteiger partial charge < -0.3 is 0 Å². The quantitative estimate of drug-likeness (QED) is 0.251. The number of hydrogen-bond donors (Lipinski definition) is 0. The van der Waals surface area contributed by atoms with Crippen molar-refractivity contribution in [2.45, 2.75) is 6.92 Å². The summed E-state index contributed by atoms with van der Waals surface area (Å²) >= 11 is 0. The van der Waals surface area contributed by atoms with E-state index in [-0.39, 0.29) is 0 Å². The first kappa shape index (κ1) is 19.8. The van der Waals surface area contributed by atoms with E-state index in [0.29, 0.717) is 17.5 Å². The van der Waals surface area contributed by atoms with Crippen molar-refractivity contribution in [3.8, 4) is 22.8 Å². The zero-order valence-electron chi connectivity index (χ0n) is 19.2. The van der Waals surface area contributed by atoms with Gasteiger partial charge in [0.2, 0.25) is 0 Å². The van der Waals surface area contributed by atoms with Crippen molar-refractivity contribution < 1.29 is 0 Å². The number of hydrogen-bond acceptors (Lipinski definition) is 3. The fraction of sp³-hybridized carbons (Fsp3) is 0.0312. The molecule has 0 bridgehead atoms. The van der Waals surface area contributed by atoms with Crippen molar-refractivity contribution in [1.29, 1.82) is 0 Å². The molecule has 0 unspecified atom stereocenters. The van der Waals surface area contributed by atoms with Crippen LogP contribution in [0.4, 0.5) is 0 Å². The van der Waals surface area contributed by atoms with Gasteiger partial charge in [0.15, 0.2) is 11.6 Å². The molecule has 7 aromatic rings. The molecule has 0 saturated heterocycles. The summed E-state index contributed by atoms with van der Waals surface area (Å²) in [5.41, 5.74) is 1.98. The first-order valence-electron chi connectivity index (χ1n) is 11.8. The second-order valence-corrected chi connectivity index (χ2v) is 9.05. The largest absolute Gasteiger partial charge is 0.213 e. The normalized spacial score (nSPS) is 11.6. The Morgan fingerprint density at radius 1 is 0.371 bits per heavy atom. The molecule has 164 valence electrons. The Morgan fingerprint density at radius 3 is 1.17 bits per heavy atom. The number of aromatic nitrogens is 3. The predicted octanol–water partition coefficient (Wildman–Crippen LogP) is 8.13. The molecule has 7 rings (SSSR count). The van der Waals surface area contributed by atoms with Gasteiger partial charge in [0.25, 0.3) is 0 Å². The van der Waals surface area contributed by atoms with E-state index in [4.69, 9.17) is 4.98 Å². The van der Waals surface area contributed by atoms with Crippen LogP contribution in [-0.2, 0) is 0 Å². The molecule has 0 aliphatic heterocycles. The van der Waals surface area contributed by atoms with Crippen LogP contribution in [0.3, 0.4) is 0 Å². The highest BCUT2D eigenvalue weighted by molar-refractivity contribution is 6.00. The third kappa shape index (κ3) is 3.49. The average Bonchev–Trinajstić information content (AvgIpc) is 2.89. The van der Waals surface area contributed by atoms with Crippen molar-refractivity contribution in [1.82, 2.24) is 15.0 Å². The highest BCUT2D eigenvalue weighted by Crippen LogP contribution is 2.29. The molecule has 0 saturated carbocycles. The lowest BCUT2D eigenvalue weighted by atomic mass is 10.0. The van der Waals surface area contributed by atoms with E-state index in [1.807, 2.05) is 6.92 Å². The molecule has 0 atom stereocenters. The molecule has 1 heterocycles. The summed E-state index contributed by atoms with van der Waals surface area (Å²) < 4.78 is 0. The Kier molecular flexibility index (Phi) is 4.36. The lowest BCUT2D eigenvalue weighted by molar-refractivity contribution is 0.992. The maximum Gasteiger partial charge on any atom is 0.163 e. The van der Waals surface area contributed by atoms with E-state index in [0.717, 1.165) is 11.1 Å². The van der Waals surface area contributed by atoms with Crippen molar-refractivity contribution >= 4 is 43.1 Å². The fourth-order valence-electron chi connectivity index (χ4n) is 4.90. The minimum absolute atomic E-state index is 0.696. The van der Waals surface area contributed by atoms with E-state index in [1.165, 1.54) is 43.1 Å². The summed E-state index contributed by atoms with van der Waals surface area (Å²) in [6.07, 6.45) is 0. The first-order chi connectivity index (χ1) is 17.2. The number of rotatable bonds is 2. The Bertz CT molecular complexity index is 1780. The molecule has 0 N–H and O–H groups in total. The lowest BCUT2D eigenvalue weighted by Gasteiger charge is -2.09. The fourth-order valence-corrected chi connectivity index (χ4v) is 4.90. The molecular formula is C32H21N3. The Labute approximate surface area is 202 Å². The van der Waals surface area contributed by atoms with Crippen molar-refractivity contribution in [2.75, 3.05) is 0 Å². The van der Waals surface area contributed by atoms with E-state index in [9.17, 15) is 0 Å². The van der Waals surface area contributed by atoms with Crippen molar-refractivity contribution in [3.05, 3.63) is 115 Å².